The van der Waals surface area contributed by atoms with Crippen molar-refractivity contribution in [2.75, 3.05) is 0 Å². The minimum Gasteiger partial charge on any atom is -0.238 e. The third kappa shape index (κ3) is 1.33. The number of nitrogens with zero attached hydrogens (tertiary/aromatic N) is 2. The molecule has 0 saturated heterocycles. The zero-order valence-electron chi connectivity index (χ0n) is 7.24. The van der Waals surface area contributed by atoms with Gasteiger partial charge in [-0.3, -0.25) is 0 Å². The van der Waals surface area contributed by atoms with Crippen LogP contribution in [-0.4, -0.2) is 9.78 Å². The van der Waals surface area contributed by atoms with Crippen LogP contribution >= 0.6 is 0 Å². The summed E-state index contributed by atoms with van der Waals surface area (Å²) in [4.78, 5) is 0. The summed E-state index contributed by atoms with van der Waals surface area (Å²) >= 11 is 0. The van der Waals surface area contributed by atoms with E-state index in [1.165, 1.54) is 4.68 Å². The van der Waals surface area contributed by atoms with Gasteiger partial charge in [0.2, 0.25) is 0 Å². The largest absolute Gasteiger partial charge is 0.238 e. The van der Waals surface area contributed by atoms with Crippen LogP contribution in [0, 0.1) is 12.7 Å². The third-order valence-corrected chi connectivity index (χ3v) is 1.92. The molecule has 66 valence electrons. The average molecular weight is 176 g/mol. The van der Waals surface area contributed by atoms with Gasteiger partial charge in [-0.05, 0) is 24.6 Å². The first-order valence-electron chi connectivity index (χ1n) is 4.04. The highest BCUT2D eigenvalue weighted by atomic mass is 19.1. The van der Waals surface area contributed by atoms with Crippen molar-refractivity contribution < 1.29 is 4.39 Å². The molecule has 0 bridgehead atoms. The summed E-state index contributed by atoms with van der Waals surface area (Å²) in [5.74, 6) is -0.216. The second-order valence-corrected chi connectivity index (χ2v) is 2.86. The third-order valence-electron chi connectivity index (χ3n) is 1.92. The van der Waals surface area contributed by atoms with Gasteiger partial charge in [-0.15, -0.1) is 0 Å². The Labute approximate surface area is 75.6 Å². The van der Waals surface area contributed by atoms with Crippen LogP contribution in [-0.2, 0) is 0 Å². The van der Waals surface area contributed by atoms with E-state index in [0.29, 0.717) is 11.3 Å². The van der Waals surface area contributed by atoms with E-state index >= 15 is 0 Å². The van der Waals surface area contributed by atoms with Crippen LogP contribution in [0.3, 0.4) is 0 Å². The molecule has 0 atom stereocenters. The number of aryl methyl sites for hydroxylation is 1. The van der Waals surface area contributed by atoms with E-state index in [1.807, 2.05) is 6.07 Å². The normalized spacial score (nSPS) is 10.3. The molecular weight excluding hydrogens is 167 g/mol. The molecule has 2 rings (SSSR count). The minimum atomic E-state index is -0.216. The molecule has 0 fully saturated rings. The van der Waals surface area contributed by atoms with E-state index in [9.17, 15) is 4.39 Å². The van der Waals surface area contributed by atoms with Gasteiger partial charge in [0.1, 0.15) is 5.69 Å². The Morgan fingerprint density at radius 3 is 2.85 bits per heavy atom. The highest BCUT2D eigenvalue weighted by Gasteiger charge is 2.05. The standard InChI is InChI=1S/C10H9FN2/c1-8-4-2-5-9(10(8)11)13-7-3-6-12-13/h2-7H,1H3. The lowest BCUT2D eigenvalue weighted by molar-refractivity contribution is 0.602. The van der Waals surface area contributed by atoms with Gasteiger partial charge in [-0.1, -0.05) is 12.1 Å². The van der Waals surface area contributed by atoms with Crippen LogP contribution in [0.5, 0.6) is 0 Å². The molecule has 2 nitrogen and oxygen atoms in total. The lowest BCUT2D eigenvalue weighted by atomic mass is 10.2. The van der Waals surface area contributed by atoms with Crippen LogP contribution < -0.4 is 0 Å². The van der Waals surface area contributed by atoms with Crippen LogP contribution in [0.1, 0.15) is 5.56 Å². The Morgan fingerprint density at radius 2 is 2.15 bits per heavy atom. The van der Waals surface area contributed by atoms with E-state index in [0.717, 1.165) is 0 Å². The summed E-state index contributed by atoms with van der Waals surface area (Å²) in [5.41, 5.74) is 1.12. The van der Waals surface area contributed by atoms with Crippen molar-refractivity contribution in [1.82, 2.24) is 9.78 Å². The summed E-state index contributed by atoms with van der Waals surface area (Å²) in [5, 5.41) is 3.97. The summed E-state index contributed by atoms with van der Waals surface area (Å²) in [6, 6.07) is 7.02. The predicted octanol–water partition coefficient (Wildman–Crippen LogP) is 2.32. The molecule has 0 aliphatic heterocycles. The van der Waals surface area contributed by atoms with Gasteiger partial charge < -0.3 is 0 Å². The lowest BCUT2D eigenvalue weighted by Crippen LogP contribution is -1.99. The van der Waals surface area contributed by atoms with E-state index in [2.05, 4.69) is 5.10 Å². The van der Waals surface area contributed by atoms with E-state index in [-0.39, 0.29) is 5.82 Å². The molecule has 1 aromatic heterocycles. The van der Waals surface area contributed by atoms with E-state index < -0.39 is 0 Å². The molecule has 0 amide bonds. The smallest absolute Gasteiger partial charge is 0.151 e. The minimum absolute atomic E-state index is 0.216. The van der Waals surface area contributed by atoms with Crippen molar-refractivity contribution in [2.45, 2.75) is 6.92 Å². The maximum atomic E-state index is 13.5. The van der Waals surface area contributed by atoms with Crippen molar-refractivity contribution in [3.05, 3.63) is 48.0 Å². The van der Waals surface area contributed by atoms with Gasteiger partial charge in [0, 0.05) is 12.4 Å². The first-order valence-corrected chi connectivity index (χ1v) is 4.04. The van der Waals surface area contributed by atoms with Gasteiger partial charge in [-0.2, -0.15) is 5.10 Å². The highest BCUT2D eigenvalue weighted by Crippen LogP contribution is 2.14. The van der Waals surface area contributed by atoms with Gasteiger partial charge >= 0.3 is 0 Å². The summed E-state index contributed by atoms with van der Waals surface area (Å²) < 4.78 is 15.0. The molecule has 0 spiro atoms. The second kappa shape index (κ2) is 3.01. The van der Waals surface area contributed by atoms with Crippen molar-refractivity contribution in [2.24, 2.45) is 0 Å². The highest BCUT2D eigenvalue weighted by molar-refractivity contribution is 5.36. The fraction of sp³-hybridized carbons (Fsp3) is 0.100. The molecule has 1 heterocycles. The zero-order chi connectivity index (χ0) is 9.26. The van der Waals surface area contributed by atoms with Crippen molar-refractivity contribution in [1.29, 1.82) is 0 Å². The molecule has 0 unspecified atom stereocenters. The first-order chi connectivity index (χ1) is 6.29. The van der Waals surface area contributed by atoms with Crippen LogP contribution in [0.25, 0.3) is 5.69 Å². The van der Waals surface area contributed by atoms with Crippen LogP contribution in [0.15, 0.2) is 36.7 Å². The lowest BCUT2D eigenvalue weighted by Gasteiger charge is -2.04. The predicted molar refractivity (Wildman–Crippen MR) is 48.3 cm³/mol. The molecule has 0 aliphatic rings. The Kier molecular flexibility index (Phi) is 1.85. The van der Waals surface area contributed by atoms with Gasteiger partial charge in [0.05, 0.1) is 0 Å². The van der Waals surface area contributed by atoms with Gasteiger partial charge in [0.25, 0.3) is 0 Å². The van der Waals surface area contributed by atoms with E-state index in [4.69, 9.17) is 0 Å². The SMILES string of the molecule is Cc1cccc(-n2cccn2)c1F. The summed E-state index contributed by atoms with van der Waals surface area (Å²) in [7, 11) is 0. The van der Waals surface area contributed by atoms with Crippen molar-refractivity contribution in [3.8, 4) is 5.69 Å². The number of aromatic nitrogens is 2. The average Bonchev–Trinajstić information content (AvgIpc) is 2.62. The van der Waals surface area contributed by atoms with Crippen molar-refractivity contribution >= 4 is 0 Å². The maximum absolute atomic E-state index is 13.5. The number of rotatable bonds is 1. The Morgan fingerprint density at radius 1 is 1.31 bits per heavy atom. The topological polar surface area (TPSA) is 17.8 Å². The number of halogens is 1. The van der Waals surface area contributed by atoms with E-state index in [1.54, 1.807) is 37.5 Å². The first kappa shape index (κ1) is 7.98. The second-order valence-electron chi connectivity index (χ2n) is 2.86. The molecule has 1 aromatic carbocycles. The molecular formula is C10H9FN2. The van der Waals surface area contributed by atoms with Crippen molar-refractivity contribution in [3.63, 3.8) is 0 Å². The monoisotopic (exact) mass is 176 g/mol. The molecule has 0 radical (unpaired) electrons. The maximum Gasteiger partial charge on any atom is 0.151 e. The van der Waals surface area contributed by atoms with Gasteiger partial charge in [0.15, 0.2) is 5.82 Å². The molecule has 0 saturated carbocycles. The quantitative estimate of drug-likeness (QED) is 0.652. The molecule has 0 aliphatic carbocycles. The van der Waals surface area contributed by atoms with Crippen LogP contribution in [0.4, 0.5) is 4.39 Å². The Bertz CT molecular complexity index is 407. The summed E-state index contributed by atoms with van der Waals surface area (Å²) in [6.45, 7) is 1.74. The van der Waals surface area contributed by atoms with Crippen LogP contribution in [0.2, 0.25) is 0 Å². The molecule has 3 heteroatoms. The number of hydrogen-bond acceptors (Lipinski definition) is 1. The molecule has 0 N–H and O–H groups in total. The number of hydrogen-bond donors (Lipinski definition) is 0. The molecule has 13 heavy (non-hydrogen) atoms. The summed E-state index contributed by atoms with van der Waals surface area (Å²) in [6.07, 6.45) is 3.35. The fourth-order valence-corrected chi connectivity index (χ4v) is 1.22. The Balaban J connectivity index is 2.59. The van der Waals surface area contributed by atoms with Gasteiger partial charge in [-0.25, -0.2) is 9.07 Å². The number of benzene rings is 1. The fourth-order valence-electron chi connectivity index (χ4n) is 1.22. The Hall–Kier alpha value is -1.64. The molecule has 2 aromatic rings. The zero-order valence-corrected chi connectivity index (χ0v) is 7.24.